The summed E-state index contributed by atoms with van der Waals surface area (Å²) in [5, 5.41) is 1.02. The second kappa shape index (κ2) is 7.39. The number of piperidine rings is 1. The van der Waals surface area contributed by atoms with Crippen LogP contribution in [0.5, 0.6) is 0 Å². The molecule has 28 heavy (non-hydrogen) atoms. The van der Waals surface area contributed by atoms with Gasteiger partial charge in [-0.15, -0.1) is 0 Å². The van der Waals surface area contributed by atoms with Gasteiger partial charge in [0, 0.05) is 44.7 Å². The lowest BCUT2D eigenvalue weighted by molar-refractivity contribution is -0.133. The first-order valence-corrected chi connectivity index (χ1v) is 10.2. The van der Waals surface area contributed by atoms with Gasteiger partial charge in [0.1, 0.15) is 17.4 Å². The van der Waals surface area contributed by atoms with Crippen LogP contribution in [0.25, 0.3) is 22.1 Å². The summed E-state index contributed by atoms with van der Waals surface area (Å²) in [6.07, 6.45) is 5.14. The molecular formula is C21H25N5O2. The van der Waals surface area contributed by atoms with E-state index in [2.05, 4.69) is 19.8 Å². The Balaban J connectivity index is 1.28. The third-order valence-electron chi connectivity index (χ3n) is 5.88. The summed E-state index contributed by atoms with van der Waals surface area (Å²) in [5.74, 6) is 1.12. The quantitative estimate of drug-likeness (QED) is 0.697. The Labute approximate surface area is 163 Å². The van der Waals surface area contributed by atoms with Gasteiger partial charge >= 0.3 is 0 Å². The maximum atomic E-state index is 12.5. The number of furan rings is 1. The Hall–Kier alpha value is -2.67. The standard InChI is InChI=1S/C21H25N5O2/c27-18(25-8-4-1-5-9-25)14-24-10-12-26(13-11-24)21-20-19(22-15-23-21)16-6-2-3-7-17(16)28-20/h2-3,6-7,15H,1,4-5,8-14H2. The smallest absolute Gasteiger partial charge is 0.236 e. The molecule has 7 heteroatoms. The molecule has 2 aliphatic rings. The first kappa shape index (κ1) is 17.4. The van der Waals surface area contributed by atoms with Crippen LogP contribution in [-0.4, -0.2) is 71.5 Å². The lowest BCUT2D eigenvalue weighted by atomic mass is 10.1. The predicted octanol–water partition coefficient (Wildman–Crippen LogP) is 2.51. The van der Waals surface area contributed by atoms with Crippen molar-refractivity contribution in [1.82, 2.24) is 19.8 Å². The molecule has 1 aromatic carbocycles. The van der Waals surface area contributed by atoms with Crippen molar-refractivity contribution in [3.05, 3.63) is 30.6 Å². The molecule has 146 valence electrons. The van der Waals surface area contributed by atoms with Gasteiger partial charge in [-0.1, -0.05) is 12.1 Å². The fourth-order valence-corrected chi connectivity index (χ4v) is 4.29. The molecule has 3 aromatic rings. The first-order valence-electron chi connectivity index (χ1n) is 10.2. The Morgan fingerprint density at radius 3 is 2.57 bits per heavy atom. The Morgan fingerprint density at radius 1 is 0.964 bits per heavy atom. The van der Waals surface area contributed by atoms with Crippen molar-refractivity contribution in [1.29, 1.82) is 0 Å². The van der Waals surface area contributed by atoms with Gasteiger partial charge in [0.05, 0.1) is 6.54 Å². The third-order valence-corrected chi connectivity index (χ3v) is 5.88. The molecule has 2 saturated heterocycles. The van der Waals surface area contributed by atoms with Gasteiger partial charge in [0.15, 0.2) is 11.4 Å². The number of carbonyl (C=O) groups excluding carboxylic acids is 1. The number of nitrogens with zero attached hydrogens (tertiary/aromatic N) is 5. The minimum absolute atomic E-state index is 0.273. The summed E-state index contributed by atoms with van der Waals surface area (Å²) in [6.45, 7) is 5.73. The highest BCUT2D eigenvalue weighted by atomic mass is 16.3. The average molecular weight is 379 g/mol. The molecule has 4 heterocycles. The highest BCUT2D eigenvalue weighted by molar-refractivity contribution is 6.05. The van der Waals surface area contributed by atoms with Crippen LogP contribution in [0.15, 0.2) is 35.0 Å². The Bertz CT molecular complexity index is 987. The van der Waals surface area contributed by atoms with Gasteiger partial charge in [-0.3, -0.25) is 9.69 Å². The van der Waals surface area contributed by atoms with Gasteiger partial charge in [0.25, 0.3) is 0 Å². The van der Waals surface area contributed by atoms with Crippen molar-refractivity contribution >= 4 is 33.8 Å². The first-order chi connectivity index (χ1) is 13.8. The minimum Gasteiger partial charge on any atom is -0.450 e. The maximum Gasteiger partial charge on any atom is 0.236 e. The van der Waals surface area contributed by atoms with Crippen molar-refractivity contribution in [3.63, 3.8) is 0 Å². The zero-order chi connectivity index (χ0) is 18.9. The van der Waals surface area contributed by atoms with Gasteiger partial charge in [-0.25, -0.2) is 9.97 Å². The second-order valence-corrected chi connectivity index (χ2v) is 7.68. The van der Waals surface area contributed by atoms with E-state index >= 15 is 0 Å². The number of anilines is 1. The third kappa shape index (κ3) is 3.20. The molecule has 1 amide bonds. The number of amides is 1. The van der Waals surface area contributed by atoms with E-state index in [1.165, 1.54) is 6.42 Å². The number of piperazine rings is 1. The van der Waals surface area contributed by atoms with Crippen LogP contribution < -0.4 is 4.90 Å². The lowest BCUT2D eigenvalue weighted by Gasteiger charge is -2.36. The van der Waals surface area contributed by atoms with Gasteiger partial charge < -0.3 is 14.2 Å². The molecule has 7 nitrogen and oxygen atoms in total. The molecule has 0 radical (unpaired) electrons. The van der Waals surface area contributed by atoms with Gasteiger partial charge in [-0.2, -0.15) is 0 Å². The summed E-state index contributed by atoms with van der Waals surface area (Å²) < 4.78 is 6.07. The lowest BCUT2D eigenvalue weighted by Crippen LogP contribution is -2.51. The zero-order valence-corrected chi connectivity index (χ0v) is 16.0. The Morgan fingerprint density at radius 2 is 1.75 bits per heavy atom. The number of hydrogen-bond acceptors (Lipinski definition) is 6. The highest BCUT2D eigenvalue weighted by Gasteiger charge is 2.25. The van der Waals surface area contributed by atoms with E-state index in [0.29, 0.717) is 6.54 Å². The van der Waals surface area contributed by atoms with Crippen molar-refractivity contribution in [3.8, 4) is 0 Å². The number of rotatable bonds is 3. The number of hydrogen-bond donors (Lipinski definition) is 0. The molecular weight excluding hydrogens is 354 g/mol. The topological polar surface area (TPSA) is 65.7 Å². The van der Waals surface area contributed by atoms with E-state index in [1.807, 2.05) is 29.2 Å². The average Bonchev–Trinajstić information content (AvgIpc) is 3.14. The molecule has 0 bridgehead atoms. The predicted molar refractivity (Wildman–Crippen MR) is 108 cm³/mol. The van der Waals surface area contributed by atoms with Gasteiger partial charge in [0.2, 0.25) is 5.91 Å². The van der Waals surface area contributed by atoms with Crippen LogP contribution >= 0.6 is 0 Å². The van der Waals surface area contributed by atoms with Crippen LogP contribution in [0.1, 0.15) is 19.3 Å². The van der Waals surface area contributed by atoms with E-state index in [0.717, 1.165) is 80.0 Å². The number of likely N-dealkylation sites (tertiary alicyclic amines) is 1. The molecule has 5 rings (SSSR count). The zero-order valence-electron chi connectivity index (χ0n) is 16.0. The summed E-state index contributed by atoms with van der Waals surface area (Å²) in [4.78, 5) is 28.0. The molecule has 0 atom stereocenters. The van der Waals surface area contributed by atoms with E-state index in [-0.39, 0.29) is 5.91 Å². The van der Waals surface area contributed by atoms with Crippen LogP contribution in [0, 0.1) is 0 Å². The summed E-state index contributed by atoms with van der Waals surface area (Å²) in [6, 6.07) is 7.96. The number of carbonyl (C=O) groups is 1. The van der Waals surface area contributed by atoms with Crippen LogP contribution in [0.2, 0.25) is 0 Å². The molecule has 2 aromatic heterocycles. The molecule has 0 N–H and O–H groups in total. The maximum absolute atomic E-state index is 12.5. The SMILES string of the molecule is O=C(CN1CCN(c2ncnc3c2oc2ccccc23)CC1)N1CCCCC1. The number of para-hydroxylation sites is 1. The van der Waals surface area contributed by atoms with Gasteiger partial charge in [-0.05, 0) is 31.4 Å². The van der Waals surface area contributed by atoms with E-state index in [1.54, 1.807) is 6.33 Å². The van der Waals surface area contributed by atoms with Crippen molar-refractivity contribution in [2.75, 3.05) is 50.7 Å². The molecule has 0 spiro atoms. The largest absolute Gasteiger partial charge is 0.450 e. The minimum atomic E-state index is 0.273. The number of benzene rings is 1. The van der Waals surface area contributed by atoms with Crippen molar-refractivity contribution in [2.45, 2.75) is 19.3 Å². The Kier molecular flexibility index (Phi) is 4.60. The highest BCUT2D eigenvalue weighted by Crippen LogP contribution is 2.32. The number of aromatic nitrogens is 2. The number of fused-ring (bicyclic) bond motifs is 3. The molecule has 2 fully saturated rings. The van der Waals surface area contributed by atoms with Crippen LogP contribution in [0.4, 0.5) is 5.82 Å². The molecule has 0 saturated carbocycles. The van der Waals surface area contributed by atoms with Crippen molar-refractivity contribution in [2.24, 2.45) is 0 Å². The van der Waals surface area contributed by atoms with Crippen molar-refractivity contribution < 1.29 is 9.21 Å². The fourth-order valence-electron chi connectivity index (χ4n) is 4.29. The fraction of sp³-hybridized carbons (Fsp3) is 0.476. The summed E-state index contributed by atoms with van der Waals surface area (Å²) >= 11 is 0. The van der Waals surface area contributed by atoms with E-state index in [4.69, 9.17) is 4.42 Å². The molecule has 0 aliphatic carbocycles. The second-order valence-electron chi connectivity index (χ2n) is 7.68. The van der Waals surface area contributed by atoms with E-state index < -0.39 is 0 Å². The summed E-state index contributed by atoms with van der Waals surface area (Å²) in [5.41, 5.74) is 2.45. The summed E-state index contributed by atoms with van der Waals surface area (Å²) in [7, 11) is 0. The van der Waals surface area contributed by atoms with Crippen LogP contribution in [-0.2, 0) is 4.79 Å². The molecule has 0 unspecified atom stereocenters. The normalized spacial score (nSPS) is 18.9. The van der Waals surface area contributed by atoms with E-state index in [9.17, 15) is 4.79 Å². The molecule has 2 aliphatic heterocycles. The monoisotopic (exact) mass is 379 g/mol. The van der Waals surface area contributed by atoms with Crippen LogP contribution in [0.3, 0.4) is 0 Å².